The maximum atomic E-state index is 13.6. The Hall–Kier alpha value is -4.27. The molecule has 0 bridgehead atoms. The molecule has 0 saturated carbocycles. The zero-order valence-electron chi connectivity index (χ0n) is 20.6. The van der Waals surface area contributed by atoms with Gasteiger partial charge in [0.05, 0.1) is 11.8 Å². The van der Waals surface area contributed by atoms with Crippen LogP contribution < -0.4 is 10.9 Å². The number of nitrogens with one attached hydrogen (secondary N) is 1. The fourth-order valence-electron chi connectivity index (χ4n) is 4.58. The van der Waals surface area contributed by atoms with Crippen molar-refractivity contribution in [3.05, 3.63) is 82.0 Å². The van der Waals surface area contributed by atoms with E-state index in [-0.39, 0.29) is 24.6 Å². The highest BCUT2D eigenvalue weighted by Gasteiger charge is 2.20. The molecule has 36 heavy (non-hydrogen) atoms. The van der Waals surface area contributed by atoms with E-state index in [0.717, 1.165) is 40.6 Å². The molecule has 0 aliphatic heterocycles. The fourth-order valence-corrected chi connectivity index (χ4v) is 4.58. The second kappa shape index (κ2) is 9.77. The predicted molar refractivity (Wildman–Crippen MR) is 138 cm³/mol. The van der Waals surface area contributed by atoms with E-state index in [1.165, 1.54) is 10.9 Å². The Balaban J connectivity index is 1.55. The van der Waals surface area contributed by atoms with Crippen molar-refractivity contribution >= 4 is 33.5 Å². The normalized spacial score (nSPS) is 11.4. The first kappa shape index (κ1) is 23.5. The topological polar surface area (TPSA) is 108 Å². The number of anilines is 1. The van der Waals surface area contributed by atoms with E-state index in [9.17, 15) is 9.59 Å². The highest BCUT2D eigenvalue weighted by molar-refractivity contribution is 6.06. The summed E-state index contributed by atoms with van der Waals surface area (Å²) < 4.78 is 8.50. The molecule has 0 radical (unpaired) electrons. The van der Waals surface area contributed by atoms with Gasteiger partial charge < -0.3 is 14.4 Å². The SMILES string of the molecule is CCCc1noc(Cn2cnc3c4ccccc4n(CC(=O)Nc4c(C)cccc4CC)c3c2=O)n1. The molecule has 5 rings (SSSR count). The fraction of sp³-hybridized carbons (Fsp3) is 0.296. The number of benzene rings is 2. The van der Waals surface area contributed by atoms with E-state index in [2.05, 4.69) is 27.4 Å². The van der Waals surface area contributed by atoms with Crippen LogP contribution in [0.4, 0.5) is 5.69 Å². The molecule has 184 valence electrons. The van der Waals surface area contributed by atoms with Crippen molar-refractivity contribution in [2.45, 2.75) is 53.1 Å². The van der Waals surface area contributed by atoms with Gasteiger partial charge in [0, 0.05) is 17.5 Å². The molecule has 0 unspecified atom stereocenters. The Labute approximate surface area is 207 Å². The van der Waals surface area contributed by atoms with Crippen molar-refractivity contribution in [3.8, 4) is 0 Å². The molecule has 9 heteroatoms. The number of hydrogen-bond donors (Lipinski definition) is 1. The van der Waals surface area contributed by atoms with E-state index in [4.69, 9.17) is 4.52 Å². The first-order valence-electron chi connectivity index (χ1n) is 12.2. The van der Waals surface area contributed by atoms with Gasteiger partial charge in [-0.1, -0.05) is 55.4 Å². The monoisotopic (exact) mass is 484 g/mol. The van der Waals surface area contributed by atoms with Gasteiger partial charge in [-0.15, -0.1) is 0 Å². The lowest BCUT2D eigenvalue weighted by Crippen LogP contribution is -2.26. The van der Waals surface area contributed by atoms with Crippen LogP contribution in [0.2, 0.25) is 0 Å². The Kier molecular flexibility index (Phi) is 6.37. The molecule has 0 aliphatic rings. The third-order valence-electron chi connectivity index (χ3n) is 6.33. The largest absolute Gasteiger partial charge is 0.337 e. The highest BCUT2D eigenvalue weighted by Crippen LogP contribution is 2.26. The summed E-state index contributed by atoms with van der Waals surface area (Å²) in [5.74, 6) is 0.745. The number of carbonyl (C=O) groups is 1. The molecule has 2 aromatic carbocycles. The lowest BCUT2D eigenvalue weighted by molar-refractivity contribution is -0.116. The summed E-state index contributed by atoms with van der Waals surface area (Å²) in [5, 5.41) is 7.85. The van der Waals surface area contributed by atoms with Crippen LogP contribution in [0.15, 0.2) is 58.1 Å². The number of aryl methyl sites for hydroxylation is 3. The standard InChI is InChI=1S/C27H28N6O3/c1-4-9-21-29-23(36-31-21)15-32-16-28-25-19-12-6-7-13-20(19)33(26(25)27(32)35)14-22(34)30-24-17(3)10-8-11-18(24)5-2/h6-8,10-13,16H,4-5,9,14-15H2,1-3H3,(H,30,34). The number of para-hydroxylation sites is 2. The third-order valence-corrected chi connectivity index (χ3v) is 6.33. The number of hydrogen-bond acceptors (Lipinski definition) is 6. The smallest absolute Gasteiger partial charge is 0.278 e. The minimum atomic E-state index is -0.274. The molecule has 0 atom stereocenters. The Morgan fingerprint density at radius 2 is 1.94 bits per heavy atom. The molecule has 5 aromatic rings. The van der Waals surface area contributed by atoms with Gasteiger partial charge in [0.2, 0.25) is 11.8 Å². The van der Waals surface area contributed by atoms with Gasteiger partial charge in [-0.25, -0.2) is 4.98 Å². The van der Waals surface area contributed by atoms with Crippen molar-refractivity contribution in [1.82, 2.24) is 24.3 Å². The van der Waals surface area contributed by atoms with Crippen molar-refractivity contribution < 1.29 is 9.32 Å². The lowest BCUT2D eigenvalue weighted by atomic mass is 10.1. The number of aromatic nitrogens is 5. The minimum absolute atomic E-state index is 0.0242. The summed E-state index contributed by atoms with van der Waals surface area (Å²) in [5.41, 5.74) is 4.30. The molecular weight excluding hydrogens is 456 g/mol. The van der Waals surface area contributed by atoms with E-state index < -0.39 is 0 Å². The van der Waals surface area contributed by atoms with Gasteiger partial charge in [-0.2, -0.15) is 4.98 Å². The van der Waals surface area contributed by atoms with Crippen LogP contribution in [0.5, 0.6) is 0 Å². The molecule has 3 heterocycles. The summed E-state index contributed by atoms with van der Waals surface area (Å²) >= 11 is 0. The van der Waals surface area contributed by atoms with Crippen LogP contribution in [-0.4, -0.2) is 30.2 Å². The van der Waals surface area contributed by atoms with Crippen molar-refractivity contribution in [1.29, 1.82) is 0 Å². The van der Waals surface area contributed by atoms with E-state index >= 15 is 0 Å². The first-order valence-corrected chi connectivity index (χ1v) is 12.2. The quantitative estimate of drug-likeness (QED) is 0.353. The molecule has 0 aliphatic carbocycles. The third kappa shape index (κ3) is 4.28. The lowest BCUT2D eigenvalue weighted by Gasteiger charge is -2.14. The van der Waals surface area contributed by atoms with Crippen LogP contribution in [-0.2, 0) is 30.7 Å². The summed E-state index contributed by atoms with van der Waals surface area (Å²) in [6.45, 7) is 6.15. The molecule has 0 saturated heterocycles. The van der Waals surface area contributed by atoms with Gasteiger partial charge in [0.25, 0.3) is 5.56 Å². The van der Waals surface area contributed by atoms with Crippen molar-refractivity contribution in [2.24, 2.45) is 0 Å². The van der Waals surface area contributed by atoms with Crippen molar-refractivity contribution in [2.75, 3.05) is 5.32 Å². The second-order valence-corrected chi connectivity index (χ2v) is 8.84. The Bertz CT molecular complexity index is 1630. The minimum Gasteiger partial charge on any atom is -0.337 e. The number of carbonyl (C=O) groups excluding carboxylic acids is 1. The summed E-state index contributed by atoms with van der Waals surface area (Å²) in [4.78, 5) is 35.8. The summed E-state index contributed by atoms with van der Waals surface area (Å²) in [7, 11) is 0. The molecular formula is C27H28N6O3. The molecule has 0 spiro atoms. The van der Waals surface area contributed by atoms with Crippen molar-refractivity contribution in [3.63, 3.8) is 0 Å². The van der Waals surface area contributed by atoms with E-state index in [1.54, 1.807) is 4.57 Å². The summed E-state index contributed by atoms with van der Waals surface area (Å²) in [6, 6.07) is 13.6. The Morgan fingerprint density at radius 3 is 2.75 bits per heavy atom. The van der Waals surface area contributed by atoms with Gasteiger partial charge in [-0.05, 0) is 37.0 Å². The Morgan fingerprint density at radius 1 is 1.11 bits per heavy atom. The number of rotatable bonds is 8. The van der Waals surface area contributed by atoms with Gasteiger partial charge in [0.1, 0.15) is 24.1 Å². The molecule has 0 fully saturated rings. The highest BCUT2D eigenvalue weighted by atomic mass is 16.5. The maximum absolute atomic E-state index is 13.6. The number of fused-ring (bicyclic) bond motifs is 3. The van der Waals surface area contributed by atoms with E-state index in [1.807, 2.05) is 56.3 Å². The zero-order chi connectivity index (χ0) is 25.2. The maximum Gasteiger partial charge on any atom is 0.278 e. The molecule has 3 aromatic heterocycles. The second-order valence-electron chi connectivity index (χ2n) is 8.84. The average Bonchev–Trinajstić information content (AvgIpc) is 3.45. The average molecular weight is 485 g/mol. The zero-order valence-corrected chi connectivity index (χ0v) is 20.6. The van der Waals surface area contributed by atoms with Crippen LogP contribution in [0.25, 0.3) is 21.9 Å². The number of nitrogens with zero attached hydrogens (tertiary/aromatic N) is 5. The molecule has 1 N–H and O–H groups in total. The predicted octanol–water partition coefficient (Wildman–Crippen LogP) is 4.24. The van der Waals surface area contributed by atoms with Crippen LogP contribution in [0.3, 0.4) is 0 Å². The van der Waals surface area contributed by atoms with Crippen LogP contribution >= 0.6 is 0 Å². The summed E-state index contributed by atoms with van der Waals surface area (Å²) in [6.07, 6.45) is 3.90. The van der Waals surface area contributed by atoms with Crippen LogP contribution in [0.1, 0.15) is 43.1 Å². The van der Waals surface area contributed by atoms with E-state index in [0.29, 0.717) is 29.2 Å². The van der Waals surface area contributed by atoms with Crippen LogP contribution in [0, 0.1) is 6.92 Å². The molecule has 1 amide bonds. The van der Waals surface area contributed by atoms with Gasteiger partial charge in [0.15, 0.2) is 5.82 Å². The van der Waals surface area contributed by atoms with Gasteiger partial charge in [-0.3, -0.25) is 14.2 Å². The molecule has 9 nitrogen and oxygen atoms in total. The number of amides is 1. The van der Waals surface area contributed by atoms with Gasteiger partial charge >= 0.3 is 0 Å². The first-order chi connectivity index (χ1) is 17.5.